The van der Waals surface area contributed by atoms with Crippen LogP contribution < -0.4 is 5.43 Å². The van der Waals surface area contributed by atoms with E-state index in [0.717, 1.165) is 21.8 Å². The fourth-order valence-electron chi connectivity index (χ4n) is 2.20. The summed E-state index contributed by atoms with van der Waals surface area (Å²) in [7, 11) is 0. The second kappa shape index (κ2) is 3.63. The van der Waals surface area contributed by atoms with Crippen LogP contribution in [0.25, 0.3) is 21.8 Å². The van der Waals surface area contributed by atoms with Gasteiger partial charge < -0.3 is 0 Å². The van der Waals surface area contributed by atoms with Crippen molar-refractivity contribution in [2.24, 2.45) is 0 Å². The lowest BCUT2D eigenvalue weighted by Crippen LogP contribution is -2.19. The highest BCUT2D eigenvalue weighted by Gasteiger charge is 2.09. The molecule has 3 rings (SSSR count). The van der Waals surface area contributed by atoms with E-state index in [9.17, 15) is 4.79 Å². The first kappa shape index (κ1) is 9.90. The highest BCUT2D eigenvalue weighted by atomic mass is 16.2. The van der Waals surface area contributed by atoms with Gasteiger partial charge in [-0.1, -0.05) is 36.4 Å². The quantitative estimate of drug-likeness (QED) is 0.677. The Labute approximate surface area is 98.6 Å². The third kappa shape index (κ3) is 1.47. The van der Waals surface area contributed by atoms with Gasteiger partial charge in [-0.2, -0.15) is 0 Å². The minimum Gasteiger partial charge on any atom is -0.274 e. The van der Waals surface area contributed by atoms with Crippen molar-refractivity contribution in [2.45, 2.75) is 6.92 Å². The molecule has 17 heavy (non-hydrogen) atoms. The van der Waals surface area contributed by atoms with Crippen LogP contribution in [0.15, 0.2) is 48.5 Å². The molecule has 1 amide bonds. The van der Waals surface area contributed by atoms with Gasteiger partial charge in [0.2, 0.25) is 5.91 Å². The summed E-state index contributed by atoms with van der Waals surface area (Å²) < 4.78 is 1.84. The molecule has 0 aliphatic rings. The van der Waals surface area contributed by atoms with Crippen LogP contribution in [-0.4, -0.2) is 10.6 Å². The Morgan fingerprint density at radius 3 is 1.88 bits per heavy atom. The van der Waals surface area contributed by atoms with Crippen molar-refractivity contribution in [1.29, 1.82) is 0 Å². The van der Waals surface area contributed by atoms with Crippen LogP contribution in [-0.2, 0) is 4.79 Å². The minimum absolute atomic E-state index is 0.0727. The SMILES string of the molecule is CC(=O)Nn1c2ccccc2c2ccccc21. The molecule has 3 aromatic rings. The van der Waals surface area contributed by atoms with Crippen molar-refractivity contribution in [2.75, 3.05) is 5.43 Å². The van der Waals surface area contributed by atoms with Crippen molar-refractivity contribution >= 4 is 27.7 Å². The van der Waals surface area contributed by atoms with E-state index >= 15 is 0 Å². The van der Waals surface area contributed by atoms with Crippen molar-refractivity contribution in [3.8, 4) is 0 Å². The highest BCUT2D eigenvalue weighted by Crippen LogP contribution is 2.27. The zero-order chi connectivity index (χ0) is 11.8. The van der Waals surface area contributed by atoms with Crippen molar-refractivity contribution in [3.05, 3.63) is 48.5 Å². The first-order valence-electron chi connectivity index (χ1n) is 5.53. The molecule has 0 saturated carbocycles. The van der Waals surface area contributed by atoms with E-state index in [1.807, 2.05) is 41.1 Å². The maximum Gasteiger partial charge on any atom is 0.235 e. The number of hydrogen-bond donors (Lipinski definition) is 1. The fraction of sp³-hybridized carbons (Fsp3) is 0.0714. The van der Waals surface area contributed by atoms with Gasteiger partial charge in [-0.25, -0.2) is 0 Å². The van der Waals surface area contributed by atoms with Crippen molar-refractivity contribution < 1.29 is 4.79 Å². The summed E-state index contributed by atoms with van der Waals surface area (Å²) >= 11 is 0. The average Bonchev–Trinajstić information content (AvgIpc) is 2.65. The number of hydrogen-bond acceptors (Lipinski definition) is 1. The Morgan fingerprint density at radius 1 is 0.941 bits per heavy atom. The predicted molar refractivity (Wildman–Crippen MR) is 69.5 cm³/mol. The Morgan fingerprint density at radius 2 is 1.41 bits per heavy atom. The number of amides is 1. The number of aromatic nitrogens is 1. The zero-order valence-corrected chi connectivity index (χ0v) is 9.47. The van der Waals surface area contributed by atoms with Crippen LogP contribution >= 0.6 is 0 Å². The van der Waals surface area contributed by atoms with Crippen LogP contribution in [0.1, 0.15) is 6.92 Å². The first-order valence-corrected chi connectivity index (χ1v) is 5.53. The minimum atomic E-state index is -0.0727. The third-order valence-electron chi connectivity index (χ3n) is 2.85. The van der Waals surface area contributed by atoms with Gasteiger partial charge in [0.25, 0.3) is 0 Å². The molecule has 0 atom stereocenters. The molecule has 0 saturated heterocycles. The molecule has 1 N–H and O–H groups in total. The number of nitrogens with zero attached hydrogens (tertiary/aromatic N) is 1. The van der Waals surface area contributed by atoms with Crippen LogP contribution in [0.2, 0.25) is 0 Å². The summed E-state index contributed by atoms with van der Waals surface area (Å²) in [5, 5.41) is 2.30. The molecular formula is C14H12N2O. The molecule has 0 aliphatic carbocycles. The molecule has 0 unspecified atom stereocenters. The number of fused-ring (bicyclic) bond motifs is 3. The van der Waals surface area contributed by atoms with Gasteiger partial charge in [0.1, 0.15) is 0 Å². The first-order chi connectivity index (χ1) is 8.27. The van der Waals surface area contributed by atoms with Crippen LogP contribution in [0.3, 0.4) is 0 Å². The summed E-state index contributed by atoms with van der Waals surface area (Å²) in [6.07, 6.45) is 0. The summed E-state index contributed by atoms with van der Waals surface area (Å²) in [5.74, 6) is -0.0727. The van der Waals surface area contributed by atoms with E-state index in [1.165, 1.54) is 6.92 Å². The van der Waals surface area contributed by atoms with Crippen LogP contribution in [0, 0.1) is 0 Å². The average molecular weight is 224 g/mol. The Kier molecular flexibility index (Phi) is 2.11. The molecule has 1 heterocycles. The van der Waals surface area contributed by atoms with Gasteiger partial charge in [-0.15, -0.1) is 0 Å². The molecule has 3 nitrogen and oxygen atoms in total. The smallest absolute Gasteiger partial charge is 0.235 e. The van der Waals surface area contributed by atoms with E-state index < -0.39 is 0 Å². The summed E-state index contributed by atoms with van der Waals surface area (Å²) in [4.78, 5) is 11.3. The Balaban J connectivity index is 2.45. The molecule has 0 fully saturated rings. The molecule has 0 bridgehead atoms. The number of nitrogens with one attached hydrogen (secondary N) is 1. The molecule has 0 radical (unpaired) electrons. The molecule has 84 valence electrons. The van der Waals surface area contributed by atoms with Crippen LogP contribution in [0.4, 0.5) is 0 Å². The summed E-state index contributed by atoms with van der Waals surface area (Å²) in [6, 6.07) is 16.1. The monoisotopic (exact) mass is 224 g/mol. The Hall–Kier alpha value is -2.29. The van der Waals surface area contributed by atoms with E-state index in [0.29, 0.717) is 0 Å². The molecule has 0 aliphatic heterocycles. The second-order valence-electron chi connectivity index (χ2n) is 4.04. The second-order valence-corrected chi connectivity index (χ2v) is 4.04. The van der Waals surface area contributed by atoms with E-state index in [4.69, 9.17) is 0 Å². The van der Waals surface area contributed by atoms with Gasteiger partial charge >= 0.3 is 0 Å². The zero-order valence-electron chi connectivity index (χ0n) is 9.47. The van der Waals surface area contributed by atoms with Crippen molar-refractivity contribution in [3.63, 3.8) is 0 Å². The normalized spacial score (nSPS) is 10.9. The lowest BCUT2D eigenvalue weighted by atomic mass is 10.2. The van der Waals surface area contributed by atoms with E-state index in [-0.39, 0.29) is 5.91 Å². The maximum atomic E-state index is 11.3. The molecular weight excluding hydrogens is 212 g/mol. The fourth-order valence-corrected chi connectivity index (χ4v) is 2.20. The third-order valence-corrected chi connectivity index (χ3v) is 2.85. The highest BCUT2D eigenvalue weighted by molar-refractivity contribution is 6.09. The molecule has 3 heteroatoms. The number of carbonyl (C=O) groups is 1. The van der Waals surface area contributed by atoms with Gasteiger partial charge in [0, 0.05) is 17.7 Å². The van der Waals surface area contributed by atoms with Gasteiger partial charge in [-0.3, -0.25) is 14.9 Å². The van der Waals surface area contributed by atoms with E-state index in [1.54, 1.807) is 0 Å². The van der Waals surface area contributed by atoms with Crippen LogP contribution in [0.5, 0.6) is 0 Å². The topological polar surface area (TPSA) is 34.0 Å². The molecule has 1 aromatic heterocycles. The molecule has 2 aromatic carbocycles. The Bertz CT molecular complexity index is 659. The number of rotatable bonds is 1. The van der Waals surface area contributed by atoms with Gasteiger partial charge in [-0.05, 0) is 12.1 Å². The number of carbonyl (C=O) groups excluding carboxylic acids is 1. The largest absolute Gasteiger partial charge is 0.274 e. The molecule has 0 spiro atoms. The maximum absolute atomic E-state index is 11.3. The predicted octanol–water partition coefficient (Wildman–Crippen LogP) is 2.88. The number of benzene rings is 2. The van der Waals surface area contributed by atoms with Gasteiger partial charge in [0.05, 0.1) is 11.0 Å². The van der Waals surface area contributed by atoms with E-state index in [2.05, 4.69) is 17.6 Å². The number of para-hydroxylation sites is 2. The lowest BCUT2D eigenvalue weighted by molar-refractivity contribution is -0.115. The summed E-state index contributed by atoms with van der Waals surface area (Å²) in [6.45, 7) is 1.52. The van der Waals surface area contributed by atoms with Gasteiger partial charge in [0.15, 0.2) is 0 Å². The summed E-state index contributed by atoms with van der Waals surface area (Å²) in [5.41, 5.74) is 4.88. The lowest BCUT2D eigenvalue weighted by Gasteiger charge is -2.06. The standard InChI is InChI=1S/C14H12N2O/c1-10(17)15-16-13-8-4-2-6-11(13)12-7-3-5-9-14(12)16/h2-9H,1H3,(H,15,17). The van der Waals surface area contributed by atoms with Crippen molar-refractivity contribution in [1.82, 2.24) is 4.68 Å².